The van der Waals surface area contributed by atoms with Crippen molar-refractivity contribution in [2.24, 2.45) is 0 Å². The molecule has 0 aromatic heterocycles. The number of carbonyl (C=O) groups excluding carboxylic acids is 2. The van der Waals surface area contributed by atoms with Crippen molar-refractivity contribution in [3.05, 3.63) is 120 Å². The van der Waals surface area contributed by atoms with Gasteiger partial charge in [0, 0.05) is 20.2 Å². The Morgan fingerprint density at radius 3 is 1.57 bits per heavy atom. The molecule has 17 heteroatoms. The second-order valence-corrected chi connectivity index (χ2v) is 19.7. The van der Waals surface area contributed by atoms with Crippen LogP contribution in [0, 0.1) is 0 Å². The van der Waals surface area contributed by atoms with Crippen molar-refractivity contribution < 1.29 is 40.6 Å². The van der Waals surface area contributed by atoms with Gasteiger partial charge >= 0.3 is 5.97 Å². The van der Waals surface area contributed by atoms with E-state index in [0.717, 1.165) is 26.0 Å². The minimum Gasteiger partial charge on any atom is -0.495 e. The van der Waals surface area contributed by atoms with Gasteiger partial charge in [-0.2, -0.15) is 0 Å². The number of hydrogen-bond acceptors (Lipinski definition) is 12. The van der Waals surface area contributed by atoms with E-state index in [4.69, 9.17) is 19.9 Å². The Labute approximate surface area is 359 Å². The first-order valence-corrected chi connectivity index (χ1v) is 22.1. The van der Waals surface area contributed by atoms with Crippen molar-refractivity contribution in [2.45, 2.75) is 69.1 Å². The third-order valence-electron chi connectivity index (χ3n) is 9.48. The average molecular weight is 877 g/mol. The number of fused-ring (bicyclic) bond motifs is 2. The number of anilines is 4. The van der Waals surface area contributed by atoms with Crippen molar-refractivity contribution >= 4 is 54.7 Å². The van der Waals surface area contributed by atoms with Crippen molar-refractivity contribution in [2.75, 3.05) is 56.6 Å². The van der Waals surface area contributed by atoms with Crippen LogP contribution < -0.4 is 31.2 Å². The maximum atomic E-state index is 12.7. The number of rotatable bonds is 6. The predicted octanol–water partition coefficient (Wildman–Crippen LogP) is 7.23. The lowest BCUT2D eigenvalue weighted by atomic mass is 9.87. The van der Waals surface area contributed by atoms with Gasteiger partial charge in [0.05, 0.1) is 49.7 Å². The first-order chi connectivity index (χ1) is 28.4. The third-order valence-corrected chi connectivity index (χ3v) is 13.1. The Morgan fingerprint density at radius 2 is 1.13 bits per heavy atom. The molecule has 5 N–H and O–H groups in total. The highest BCUT2D eigenvalue weighted by Crippen LogP contribution is 2.35. The van der Waals surface area contributed by atoms with E-state index in [2.05, 4.69) is 63.6 Å². The molecule has 0 bridgehead atoms. The van der Waals surface area contributed by atoms with Crippen LogP contribution in [0.15, 0.2) is 119 Å². The standard InChI is InChI=1S/C21H25N3O4S.C12H14N2O4S.C11H17NO/c1-21(2,3)14-10-11-17(28-5)16(12-14)23-20(25)13-19-22-15-8-6-7-9-18(15)29(26,27)24(19)4;1-3-18-12(15)8-11-13-9-6-4-5-7-10(9)19(16,17)14(11)2;1-11(2,3)8-5-6-10(13-4)9(12)7-8/h6-13,22H,1-5H3,(H,23,25);4-8,13H,3H2,1-2H3;5-7H,12H2,1-4H3/b19-13-;11-8-;. The van der Waals surface area contributed by atoms with Gasteiger partial charge in [-0.1, -0.05) is 77.9 Å². The highest BCUT2D eigenvalue weighted by molar-refractivity contribution is 7.89. The number of nitrogen functional groups attached to an aromatic ring is 1. The number of nitrogens with two attached hydrogens (primary N) is 1. The SMILES string of the molecule is CCOC(=O)/C=C1/Nc2ccccc2S(=O)(=O)N1C.COc1ccc(C(C)(C)C)cc1N.COc1ccc(C(C)(C)C)cc1NC(=O)/C=C1/Nc2ccccc2S(=O)(=O)N1C. The number of para-hydroxylation sites is 2. The van der Waals surface area contributed by atoms with Crippen LogP contribution in [0.1, 0.15) is 59.6 Å². The molecular formula is C44H56N6O9S2. The molecule has 0 aliphatic carbocycles. The molecule has 4 aromatic carbocycles. The van der Waals surface area contributed by atoms with Gasteiger partial charge in [0.25, 0.3) is 26.0 Å². The largest absolute Gasteiger partial charge is 0.495 e. The molecule has 0 saturated carbocycles. The number of methoxy groups -OCH3 is 2. The molecule has 0 radical (unpaired) electrons. The number of benzene rings is 4. The van der Waals surface area contributed by atoms with E-state index in [1.165, 1.54) is 45.0 Å². The van der Waals surface area contributed by atoms with E-state index in [0.29, 0.717) is 28.5 Å². The zero-order valence-corrected chi connectivity index (χ0v) is 38.0. The Balaban J connectivity index is 0.000000220. The summed E-state index contributed by atoms with van der Waals surface area (Å²) >= 11 is 0. The van der Waals surface area contributed by atoms with Gasteiger partial charge in [-0.25, -0.2) is 21.6 Å². The fourth-order valence-corrected chi connectivity index (χ4v) is 8.49. The summed E-state index contributed by atoms with van der Waals surface area (Å²) < 4.78 is 67.2. The van der Waals surface area contributed by atoms with Gasteiger partial charge in [-0.05, 0) is 77.4 Å². The molecule has 1 amide bonds. The fraction of sp³-hybridized carbons (Fsp3) is 0.318. The van der Waals surface area contributed by atoms with Crippen LogP contribution in [0.2, 0.25) is 0 Å². The van der Waals surface area contributed by atoms with Crippen molar-refractivity contribution in [1.29, 1.82) is 0 Å². The van der Waals surface area contributed by atoms with Gasteiger partial charge in [0.1, 0.15) is 32.9 Å². The van der Waals surface area contributed by atoms with Gasteiger partial charge in [0.2, 0.25) is 0 Å². The molecule has 328 valence electrons. The van der Waals surface area contributed by atoms with Gasteiger partial charge in [0.15, 0.2) is 0 Å². The monoisotopic (exact) mass is 876 g/mol. The van der Waals surface area contributed by atoms with E-state index in [1.807, 2.05) is 24.3 Å². The summed E-state index contributed by atoms with van der Waals surface area (Å²) in [5, 5.41) is 8.69. The molecule has 2 aliphatic heterocycles. The third kappa shape index (κ3) is 11.3. The van der Waals surface area contributed by atoms with Crippen LogP contribution in [-0.4, -0.2) is 72.2 Å². The minimum absolute atomic E-state index is 0.104. The summed E-state index contributed by atoms with van der Waals surface area (Å²) in [7, 11) is -1.43. The van der Waals surface area contributed by atoms with Crippen molar-refractivity contribution in [1.82, 2.24) is 8.61 Å². The second kappa shape index (κ2) is 19.0. The molecule has 0 saturated heterocycles. The van der Waals surface area contributed by atoms with E-state index in [1.54, 1.807) is 56.5 Å². The summed E-state index contributed by atoms with van der Waals surface area (Å²) in [6.45, 7) is 14.6. The quantitative estimate of drug-likeness (QED) is 0.0863. The van der Waals surface area contributed by atoms with E-state index >= 15 is 0 Å². The molecule has 0 spiro atoms. The number of nitrogens with one attached hydrogen (secondary N) is 3. The van der Waals surface area contributed by atoms with E-state index < -0.39 is 31.9 Å². The summed E-state index contributed by atoms with van der Waals surface area (Å²) in [4.78, 5) is 24.4. The normalized spacial score (nSPS) is 16.2. The Morgan fingerprint density at radius 1 is 0.689 bits per heavy atom. The van der Waals surface area contributed by atoms with Crippen molar-refractivity contribution in [3.63, 3.8) is 0 Å². The molecule has 2 heterocycles. The molecule has 15 nitrogen and oxygen atoms in total. The van der Waals surface area contributed by atoms with E-state index in [-0.39, 0.29) is 38.9 Å². The molecule has 6 rings (SSSR count). The fourth-order valence-electron chi connectivity index (χ4n) is 5.89. The molecule has 0 fully saturated rings. The summed E-state index contributed by atoms with van der Waals surface area (Å²) in [5.74, 6) is 0.523. The Hall–Kier alpha value is -6.20. The summed E-state index contributed by atoms with van der Waals surface area (Å²) in [6.07, 6.45) is 2.34. The molecule has 0 atom stereocenters. The molecule has 0 unspecified atom stereocenters. The van der Waals surface area contributed by atoms with Crippen LogP contribution in [0.4, 0.5) is 22.7 Å². The van der Waals surface area contributed by atoms with E-state index in [9.17, 15) is 26.4 Å². The zero-order valence-electron chi connectivity index (χ0n) is 36.4. The summed E-state index contributed by atoms with van der Waals surface area (Å²) in [6, 6.07) is 24.6. The number of amides is 1. The second-order valence-electron chi connectivity index (χ2n) is 15.9. The number of nitrogens with zero attached hydrogens (tertiary/aromatic N) is 2. The molecular weight excluding hydrogens is 821 g/mol. The Bertz CT molecular complexity index is 2540. The first kappa shape index (κ1) is 47.5. The number of esters is 1. The predicted molar refractivity (Wildman–Crippen MR) is 239 cm³/mol. The van der Waals surface area contributed by atoms with Crippen LogP contribution in [0.3, 0.4) is 0 Å². The topological polar surface area (TPSA) is 199 Å². The van der Waals surface area contributed by atoms with Gasteiger partial charge in [-0.15, -0.1) is 0 Å². The van der Waals surface area contributed by atoms with Gasteiger partial charge < -0.3 is 35.9 Å². The van der Waals surface area contributed by atoms with Gasteiger partial charge in [-0.3, -0.25) is 13.4 Å². The molecule has 4 aromatic rings. The van der Waals surface area contributed by atoms with Crippen LogP contribution in [0.25, 0.3) is 0 Å². The Kier molecular flexibility index (Phi) is 14.8. The van der Waals surface area contributed by atoms with Crippen LogP contribution in [0.5, 0.6) is 11.5 Å². The first-order valence-electron chi connectivity index (χ1n) is 19.2. The lowest BCUT2D eigenvalue weighted by molar-refractivity contribution is -0.137. The number of ether oxygens (including phenoxy) is 3. The zero-order chi connectivity index (χ0) is 45.5. The minimum atomic E-state index is -3.73. The molecule has 2 aliphatic rings. The van der Waals surface area contributed by atoms with Crippen molar-refractivity contribution in [3.8, 4) is 11.5 Å². The number of carbonyl (C=O) groups is 2. The average Bonchev–Trinajstić information content (AvgIpc) is 3.19. The number of hydrogen-bond donors (Lipinski definition) is 4. The summed E-state index contributed by atoms with van der Waals surface area (Å²) in [5.41, 5.74) is 10.2. The lowest BCUT2D eigenvalue weighted by Gasteiger charge is -2.30. The number of sulfonamides is 2. The highest BCUT2D eigenvalue weighted by Gasteiger charge is 2.33. The maximum Gasteiger partial charge on any atom is 0.334 e. The van der Waals surface area contributed by atoms with Crippen LogP contribution in [-0.2, 0) is 45.2 Å². The van der Waals surface area contributed by atoms with Crippen LogP contribution >= 0.6 is 0 Å². The maximum absolute atomic E-state index is 12.7. The smallest absolute Gasteiger partial charge is 0.334 e. The highest BCUT2D eigenvalue weighted by atomic mass is 32.2. The molecule has 61 heavy (non-hydrogen) atoms. The lowest BCUT2D eigenvalue weighted by Crippen LogP contribution is -2.35.